The fraction of sp³-hybridized carbons (Fsp3) is 0.917. The first-order valence-corrected chi connectivity index (χ1v) is 6.33. The maximum absolute atomic E-state index is 12.7. The summed E-state index contributed by atoms with van der Waals surface area (Å²) in [6, 6.07) is 0. The zero-order chi connectivity index (χ0) is 13.9. The van der Waals surface area contributed by atoms with Crippen LogP contribution in [0.4, 0.5) is 13.2 Å². The standard InChI is InChI=1S/C12H21F3N2O/c1-8(2)10(6-16)11(18)17-5-3-4-9(7-17)12(13,14)15/h8-10H,3-7,16H2,1-2H3. The molecule has 2 N–H and O–H groups in total. The van der Waals surface area contributed by atoms with E-state index in [2.05, 4.69) is 0 Å². The van der Waals surface area contributed by atoms with E-state index in [4.69, 9.17) is 5.73 Å². The van der Waals surface area contributed by atoms with Crippen molar-refractivity contribution in [1.29, 1.82) is 0 Å². The molecule has 0 aromatic carbocycles. The Balaban J connectivity index is 2.69. The zero-order valence-electron chi connectivity index (χ0n) is 10.8. The summed E-state index contributed by atoms with van der Waals surface area (Å²) in [5.74, 6) is -1.95. The molecule has 2 unspecified atom stereocenters. The molecule has 1 saturated heterocycles. The van der Waals surface area contributed by atoms with E-state index in [1.165, 1.54) is 4.90 Å². The number of halogens is 3. The molecule has 1 heterocycles. The summed E-state index contributed by atoms with van der Waals surface area (Å²) < 4.78 is 38.0. The summed E-state index contributed by atoms with van der Waals surface area (Å²) in [4.78, 5) is 13.5. The van der Waals surface area contributed by atoms with Crippen molar-refractivity contribution in [2.75, 3.05) is 19.6 Å². The Morgan fingerprint density at radius 1 is 1.44 bits per heavy atom. The van der Waals surface area contributed by atoms with E-state index >= 15 is 0 Å². The molecule has 106 valence electrons. The van der Waals surface area contributed by atoms with Crippen LogP contribution in [-0.4, -0.2) is 36.6 Å². The maximum Gasteiger partial charge on any atom is 0.393 e. The number of likely N-dealkylation sites (tertiary alicyclic amines) is 1. The number of hydrogen-bond acceptors (Lipinski definition) is 2. The minimum Gasteiger partial charge on any atom is -0.342 e. The Labute approximate surface area is 106 Å². The van der Waals surface area contributed by atoms with Gasteiger partial charge in [-0.2, -0.15) is 13.2 Å². The van der Waals surface area contributed by atoms with Gasteiger partial charge in [0, 0.05) is 19.6 Å². The van der Waals surface area contributed by atoms with E-state index in [1.807, 2.05) is 13.8 Å². The van der Waals surface area contributed by atoms with Crippen LogP contribution >= 0.6 is 0 Å². The lowest BCUT2D eigenvalue weighted by atomic mass is 9.91. The van der Waals surface area contributed by atoms with Crippen LogP contribution in [-0.2, 0) is 4.79 Å². The van der Waals surface area contributed by atoms with Crippen LogP contribution in [0.1, 0.15) is 26.7 Å². The second-order valence-electron chi connectivity index (χ2n) is 5.25. The molecule has 1 fully saturated rings. The first-order chi connectivity index (χ1) is 8.27. The molecule has 0 bridgehead atoms. The van der Waals surface area contributed by atoms with Gasteiger partial charge in [0.1, 0.15) is 0 Å². The second-order valence-corrected chi connectivity index (χ2v) is 5.25. The van der Waals surface area contributed by atoms with Gasteiger partial charge in [-0.15, -0.1) is 0 Å². The predicted octanol–water partition coefficient (Wildman–Crippen LogP) is 2.02. The first kappa shape index (κ1) is 15.3. The van der Waals surface area contributed by atoms with Crippen molar-refractivity contribution in [3.8, 4) is 0 Å². The van der Waals surface area contributed by atoms with Gasteiger partial charge in [-0.1, -0.05) is 13.8 Å². The van der Waals surface area contributed by atoms with Crippen LogP contribution in [0.3, 0.4) is 0 Å². The zero-order valence-corrected chi connectivity index (χ0v) is 10.8. The highest BCUT2D eigenvalue weighted by Gasteiger charge is 2.43. The van der Waals surface area contributed by atoms with E-state index in [0.717, 1.165) is 0 Å². The minimum absolute atomic E-state index is 0.0498. The number of carbonyl (C=O) groups excluding carboxylic acids is 1. The first-order valence-electron chi connectivity index (χ1n) is 6.33. The van der Waals surface area contributed by atoms with Crippen LogP contribution in [0.15, 0.2) is 0 Å². The van der Waals surface area contributed by atoms with Crippen LogP contribution in [0.25, 0.3) is 0 Å². The molecular formula is C12H21F3N2O. The lowest BCUT2D eigenvalue weighted by Crippen LogP contribution is -2.48. The topological polar surface area (TPSA) is 46.3 Å². The summed E-state index contributed by atoms with van der Waals surface area (Å²) in [6.07, 6.45) is -3.69. The van der Waals surface area contributed by atoms with Crippen LogP contribution in [0.2, 0.25) is 0 Å². The number of carbonyl (C=O) groups is 1. The Kier molecular flexibility index (Phi) is 5.01. The highest BCUT2D eigenvalue weighted by Crippen LogP contribution is 2.33. The largest absolute Gasteiger partial charge is 0.393 e. The van der Waals surface area contributed by atoms with Gasteiger partial charge in [-0.3, -0.25) is 4.79 Å². The van der Waals surface area contributed by atoms with Crippen molar-refractivity contribution < 1.29 is 18.0 Å². The molecule has 3 nitrogen and oxygen atoms in total. The quantitative estimate of drug-likeness (QED) is 0.849. The Hall–Kier alpha value is -0.780. The molecule has 0 spiro atoms. The van der Waals surface area contributed by atoms with Crippen molar-refractivity contribution in [1.82, 2.24) is 4.90 Å². The number of nitrogens with two attached hydrogens (primary N) is 1. The fourth-order valence-corrected chi connectivity index (χ4v) is 2.34. The molecule has 2 atom stereocenters. The fourth-order valence-electron chi connectivity index (χ4n) is 2.34. The van der Waals surface area contributed by atoms with Crippen LogP contribution in [0, 0.1) is 17.8 Å². The van der Waals surface area contributed by atoms with Gasteiger partial charge < -0.3 is 10.6 Å². The van der Waals surface area contributed by atoms with Crippen molar-refractivity contribution in [3.05, 3.63) is 0 Å². The molecule has 1 rings (SSSR count). The van der Waals surface area contributed by atoms with E-state index in [1.54, 1.807) is 0 Å². The van der Waals surface area contributed by atoms with Gasteiger partial charge in [0.2, 0.25) is 5.91 Å². The van der Waals surface area contributed by atoms with Gasteiger partial charge in [0.15, 0.2) is 0 Å². The average molecular weight is 266 g/mol. The average Bonchev–Trinajstić information content (AvgIpc) is 2.28. The molecule has 1 aliphatic rings. The molecular weight excluding hydrogens is 245 g/mol. The molecule has 0 radical (unpaired) electrons. The maximum atomic E-state index is 12.7. The van der Waals surface area contributed by atoms with E-state index in [0.29, 0.717) is 13.0 Å². The number of nitrogens with zero attached hydrogens (tertiary/aromatic N) is 1. The van der Waals surface area contributed by atoms with Crippen LogP contribution < -0.4 is 5.73 Å². The van der Waals surface area contributed by atoms with Gasteiger partial charge in [-0.25, -0.2) is 0 Å². The Morgan fingerprint density at radius 2 is 2.06 bits per heavy atom. The molecule has 18 heavy (non-hydrogen) atoms. The minimum atomic E-state index is -4.21. The Morgan fingerprint density at radius 3 is 2.50 bits per heavy atom. The van der Waals surface area contributed by atoms with Crippen molar-refractivity contribution in [2.24, 2.45) is 23.5 Å². The summed E-state index contributed by atoms with van der Waals surface area (Å²) in [7, 11) is 0. The van der Waals surface area contributed by atoms with Gasteiger partial charge in [0.25, 0.3) is 0 Å². The van der Waals surface area contributed by atoms with Gasteiger partial charge in [-0.05, 0) is 18.8 Å². The molecule has 1 aliphatic heterocycles. The third-order valence-electron chi connectivity index (χ3n) is 3.57. The molecule has 1 amide bonds. The smallest absolute Gasteiger partial charge is 0.342 e. The SMILES string of the molecule is CC(C)C(CN)C(=O)N1CCCC(C(F)(F)F)C1. The van der Waals surface area contributed by atoms with Crippen molar-refractivity contribution in [2.45, 2.75) is 32.9 Å². The van der Waals surface area contributed by atoms with Crippen molar-refractivity contribution >= 4 is 5.91 Å². The van der Waals surface area contributed by atoms with Crippen LogP contribution in [0.5, 0.6) is 0 Å². The summed E-state index contributed by atoms with van der Waals surface area (Å²) in [6.45, 7) is 4.10. The second kappa shape index (κ2) is 5.91. The van der Waals surface area contributed by atoms with Crippen molar-refractivity contribution in [3.63, 3.8) is 0 Å². The van der Waals surface area contributed by atoms with Gasteiger partial charge >= 0.3 is 6.18 Å². The summed E-state index contributed by atoms with van der Waals surface area (Å²) >= 11 is 0. The lowest BCUT2D eigenvalue weighted by molar-refractivity contribution is -0.188. The Bertz CT molecular complexity index is 292. The molecule has 0 aliphatic carbocycles. The number of rotatable bonds is 3. The van der Waals surface area contributed by atoms with E-state index < -0.39 is 12.1 Å². The molecule has 0 saturated carbocycles. The molecule has 0 aromatic rings. The monoisotopic (exact) mass is 266 g/mol. The molecule has 0 aromatic heterocycles. The van der Waals surface area contributed by atoms with E-state index in [-0.39, 0.29) is 37.3 Å². The normalized spacial score (nSPS) is 23.3. The number of amides is 1. The van der Waals surface area contributed by atoms with Gasteiger partial charge in [0.05, 0.1) is 11.8 Å². The third kappa shape index (κ3) is 3.60. The molecule has 6 heteroatoms. The highest BCUT2D eigenvalue weighted by atomic mass is 19.4. The summed E-state index contributed by atoms with van der Waals surface area (Å²) in [5.41, 5.74) is 5.53. The number of alkyl halides is 3. The summed E-state index contributed by atoms with van der Waals surface area (Å²) in [5, 5.41) is 0. The lowest BCUT2D eigenvalue weighted by Gasteiger charge is -2.36. The number of hydrogen-bond donors (Lipinski definition) is 1. The highest BCUT2D eigenvalue weighted by molar-refractivity contribution is 5.79. The third-order valence-corrected chi connectivity index (χ3v) is 3.57. The van der Waals surface area contributed by atoms with E-state index in [9.17, 15) is 18.0 Å². The predicted molar refractivity (Wildman–Crippen MR) is 62.7 cm³/mol. The number of piperidine rings is 1.